The normalized spacial score (nSPS) is 12.2. The molecule has 1 unspecified atom stereocenters. The summed E-state index contributed by atoms with van der Waals surface area (Å²) in [6.07, 6.45) is 0. The maximum absolute atomic E-state index is 12.1. The molecule has 5 heteroatoms. The van der Waals surface area contributed by atoms with E-state index < -0.39 is 0 Å². The van der Waals surface area contributed by atoms with E-state index in [0.717, 1.165) is 11.3 Å². The molecule has 0 fully saturated rings. The van der Waals surface area contributed by atoms with Crippen LogP contribution in [0.15, 0.2) is 54.6 Å². The van der Waals surface area contributed by atoms with Crippen molar-refractivity contribution >= 4 is 17.5 Å². The van der Waals surface area contributed by atoms with Gasteiger partial charge in [-0.2, -0.15) is 0 Å². The zero-order valence-electron chi connectivity index (χ0n) is 15.8. The van der Waals surface area contributed by atoms with Crippen molar-refractivity contribution in [2.45, 2.75) is 39.3 Å². The topological polar surface area (TPSA) is 70.2 Å². The Hall–Kier alpha value is -2.82. The Morgan fingerprint density at radius 1 is 0.962 bits per heavy atom. The second-order valence-electron chi connectivity index (χ2n) is 7.33. The first-order chi connectivity index (χ1) is 12.2. The summed E-state index contributed by atoms with van der Waals surface area (Å²) < 4.78 is 0. The molecule has 1 atom stereocenters. The van der Waals surface area contributed by atoms with Crippen LogP contribution in [-0.4, -0.2) is 23.9 Å². The van der Waals surface area contributed by atoms with E-state index in [1.165, 1.54) is 0 Å². The largest absolute Gasteiger partial charge is 0.376 e. The van der Waals surface area contributed by atoms with Gasteiger partial charge in [-0.25, -0.2) is 0 Å². The number of anilines is 1. The molecule has 5 nitrogen and oxygen atoms in total. The fourth-order valence-electron chi connectivity index (χ4n) is 2.45. The Bertz CT molecular complexity index is 734. The minimum atomic E-state index is -0.276. The average molecular weight is 353 g/mol. The molecule has 0 aromatic heterocycles. The number of hydrogen-bond acceptors (Lipinski definition) is 3. The lowest BCUT2D eigenvalue weighted by atomic mass is 10.1. The summed E-state index contributed by atoms with van der Waals surface area (Å²) in [4.78, 5) is 24.2. The number of carbonyl (C=O) groups excluding carboxylic acids is 2. The number of benzene rings is 2. The highest BCUT2D eigenvalue weighted by Crippen LogP contribution is 2.12. The average Bonchev–Trinajstić information content (AvgIpc) is 2.59. The molecule has 0 aliphatic rings. The molecule has 3 N–H and O–H groups in total. The summed E-state index contributed by atoms with van der Waals surface area (Å²) in [6, 6.07) is 16.9. The van der Waals surface area contributed by atoms with Gasteiger partial charge in [-0.3, -0.25) is 9.59 Å². The molecule has 0 saturated heterocycles. The van der Waals surface area contributed by atoms with Gasteiger partial charge in [0.1, 0.15) is 0 Å². The number of hydrogen-bond donors (Lipinski definition) is 3. The highest BCUT2D eigenvalue weighted by Gasteiger charge is 2.15. The lowest BCUT2D eigenvalue weighted by molar-refractivity contribution is -0.120. The van der Waals surface area contributed by atoms with E-state index in [9.17, 15) is 9.59 Å². The minimum Gasteiger partial charge on any atom is -0.376 e. The Morgan fingerprint density at radius 3 is 2.15 bits per heavy atom. The quantitative estimate of drug-likeness (QED) is 0.744. The van der Waals surface area contributed by atoms with Crippen molar-refractivity contribution in [1.82, 2.24) is 10.6 Å². The Balaban J connectivity index is 1.84. The van der Waals surface area contributed by atoms with Crippen LogP contribution in [0.25, 0.3) is 0 Å². The zero-order chi connectivity index (χ0) is 19.2. The summed E-state index contributed by atoms with van der Waals surface area (Å²) in [5.74, 6) is -0.200. The molecule has 26 heavy (non-hydrogen) atoms. The van der Waals surface area contributed by atoms with Crippen molar-refractivity contribution in [2.75, 3.05) is 11.9 Å². The number of rotatable bonds is 6. The van der Waals surface area contributed by atoms with Crippen molar-refractivity contribution in [3.05, 3.63) is 65.7 Å². The molecule has 0 heterocycles. The van der Waals surface area contributed by atoms with Gasteiger partial charge < -0.3 is 16.0 Å². The smallest absolute Gasteiger partial charge is 0.251 e. The molecule has 0 spiro atoms. The second-order valence-corrected chi connectivity index (χ2v) is 7.33. The van der Waals surface area contributed by atoms with E-state index in [0.29, 0.717) is 5.56 Å². The molecule has 0 aliphatic heterocycles. The number of nitrogens with one attached hydrogen (secondary N) is 3. The predicted octanol–water partition coefficient (Wildman–Crippen LogP) is 3.50. The van der Waals surface area contributed by atoms with Crippen LogP contribution >= 0.6 is 0 Å². The van der Waals surface area contributed by atoms with Gasteiger partial charge in [0.05, 0.1) is 12.6 Å². The monoisotopic (exact) mass is 353 g/mol. The van der Waals surface area contributed by atoms with Gasteiger partial charge in [-0.05, 0) is 57.5 Å². The second kappa shape index (κ2) is 8.52. The molecule has 0 radical (unpaired) electrons. The molecule has 2 rings (SSSR count). The third-order valence-corrected chi connectivity index (χ3v) is 3.77. The molecule has 2 amide bonds. The highest BCUT2D eigenvalue weighted by molar-refractivity contribution is 5.95. The zero-order valence-corrected chi connectivity index (χ0v) is 15.8. The molecule has 2 aromatic rings. The van der Waals surface area contributed by atoms with Crippen LogP contribution in [0.3, 0.4) is 0 Å². The highest BCUT2D eigenvalue weighted by atomic mass is 16.2. The van der Waals surface area contributed by atoms with Gasteiger partial charge in [-0.1, -0.05) is 30.3 Å². The Kier molecular flexibility index (Phi) is 6.39. The summed E-state index contributed by atoms with van der Waals surface area (Å²) in [5, 5.41) is 8.95. The van der Waals surface area contributed by atoms with Gasteiger partial charge in [0.15, 0.2) is 0 Å². The molecule has 0 bridgehead atoms. The summed E-state index contributed by atoms with van der Waals surface area (Å²) in [5.41, 5.74) is 2.17. The lowest BCUT2D eigenvalue weighted by Gasteiger charge is -2.20. The fraction of sp³-hybridized carbons (Fsp3) is 0.333. The van der Waals surface area contributed by atoms with Gasteiger partial charge in [0.25, 0.3) is 5.91 Å². The third kappa shape index (κ3) is 6.24. The van der Waals surface area contributed by atoms with Gasteiger partial charge in [-0.15, -0.1) is 0 Å². The van der Waals surface area contributed by atoms with Gasteiger partial charge >= 0.3 is 0 Å². The predicted molar refractivity (Wildman–Crippen MR) is 105 cm³/mol. The van der Waals surface area contributed by atoms with Crippen molar-refractivity contribution in [2.24, 2.45) is 0 Å². The van der Waals surface area contributed by atoms with Crippen LogP contribution in [0.1, 0.15) is 49.7 Å². The first-order valence-electron chi connectivity index (χ1n) is 8.75. The van der Waals surface area contributed by atoms with Crippen molar-refractivity contribution in [3.63, 3.8) is 0 Å². The SMILES string of the molecule is CC(NC(=O)CNc1ccc(C(=O)NC(C)(C)C)cc1)c1ccccc1. The van der Waals surface area contributed by atoms with Crippen LogP contribution in [0.2, 0.25) is 0 Å². The van der Waals surface area contributed by atoms with Gasteiger partial charge in [0.2, 0.25) is 5.91 Å². The van der Waals surface area contributed by atoms with Crippen molar-refractivity contribution in [1.29, 1.82) is 0 Å². The van der Waals surface area contributed by atoms with E-state index >= 15 is 0 Å². The van der Waals surface area contributed by atoms with Crippen LogP contribution in [0.5, 0.6) is 0 Å². The van der Waals surface area contributed by atoms with E-state index in [1.54, 1.807) is 24.3 Å². The Labute approximate surface area is 155 Å². The number of amides is 2. The minimum absolute atomic E-state index is 0.0473. The standard InChI is InChI=1S/C21H27N3O2/c1-15(16-8-6-5-7-9-16)23-19(25)14-22-18-12-10-17(11-13-18)20(26)24-21(2,3)4/h5-13,15,22H,14H2,1-4H3,(H,23,25)(H,24,26). The molecule has 138 valence electrons. The van der Waals surface area contributed by atoms with E-state index in [1.807, 2.05) is 58.0 Å². The van der Waals surface area contributed by atoms with Crippen molar-refractivity contribution in [3.8, 4) is 0 Å². The maximum Gasteiger partial charge on any atom is 0.251 e. The first-order valence-corrected chi connectivity index (χ1v) is 8.75. The molecular formula is C21H27N3O2. The molecular weight excluding hydrogens is 326 g/mol. The van der Waals surface area contributed by atoms with Crippen LogP contribution in [-0.2, 0) is 4.79 Å². The van der Waals surface area contributed by atoms with E-state index in [-0.39, 0.29) is 29.9 Å². The van der Waals surface area contributed by atoms with E-state index in [4.69, 9.17) is 0 Å². The van der Waals surface area contributed by atoms with Crippen LogP contribution < -0.4 is 16.0 Å². The number of carbonyl (C=O) groups is 2. The fourth-order valence-corrected chi connectivity index (χ4v) is 2.45. The van der Waals surface area contributed by atoms with Gasteiger partial charge in [0, 0.05) is 16.8 Å². The summed E-state index contributed by atoms with van der Waals surface area (Å²) in [7, 11) is 0. The first kappa shape index (κ1) is 19.5. The molecule has 2 aromatic carbocycles. The maximum atomic E-state index is 12.1. The Morgan fingerprint density at radius 2 is 1.58 bits per heavy atom. The summed E-state index contributed by atoms with van der Waals surface area (Å²) in [6.45, 7) is 7.95. The molecule has 0 saturated carbocycles. The van der Waals surface area contributed by atoms with Crippen molar-refractivity contribution < 1.29 is 9.59 Å². The molecule has 0 aliphatic carbocycles. The lowest BCUT2D eigenvalue weighted by Crippen LogP contribution is -2.40. The summed E-state index contributed by atoms with van der Waals surface area (Å²) >= 11 is 0. The van der Waals surface area contributed by atoms with Crippen LogP contribution in [0, 0.1) is 0 Å². The third-order valence-electron chi connectivity index (χ3n) is 3.77. The van der Waals surface area contributed by atoms with Crippen LogP contribution in [0.4, 0.5) is 5.69 Å². The van der Waals surface area contributed by atoms with E-state index in [2.05, 4.69) is 16.0 Å².